The maximum absolute atomic E-state index is 15.2. The van der Waals surface area contributed by atoms with Crippen molar-refractivity contribution in [3.05, 3.63) is 117 Å². The number of halogens is 3. The Balaban J connectivity index is 1.14. The molecule has 0 radical (unpaired) electrons. The number of morpholine rings is 1. The maximum Gasteiger partial charge on any atom is 0.270 e. The van der Waals surface area contributed by atoms with E-state index in [1.165, 1.54) is 71.7 Å². The summed E-state index contributed by atoms with van der Waals surface area (Å²) in [7, 11) is 0. The standard InChI is InChI=1S/C34H29BrF2N6O5/c35-21-4-6-29(26(36)17-21)43-20-25(31(44)24-3-1-9-39-32(24)43)33(45)41-22-5-7-30(27(37)18-22)48-23-8-11-38-28(19-23)34(46)40-10-2-12-42-13-15-47-16-14-42/h1,3-9,11,17-20H,2,10,12-16H2,(H,40,46)(H,41,45). The van der Waals surface area contributed by atoms with Crippen LogP contribution in [0.25, 0.3) is 16.7 Å². The second-order valence-electron chi connectivity index (χ2n) is 10.9. The number of carbonyl (C=O) groups is 2. The number of ether oxygens (including phenoxy) is 2. The number of anilines is 1. The van der Waals surface area contributed by atoms with Gasteiger partial charge in [-0.05, 0) is 61.5 Å². The lowest BCUT2D eigenvalue weighted by molar-refractivity contribution is 0.0374. The molecule has 6 rings (SSSR count). The van der Waals surface area contributed by atoms with Gasteiger partial charge in [-0.15, -0.1) is 0 Å². The van der Waals surface area contributed by atoms with E-state index in [1.807, 2.05) is 0 Å². The number of amides is 2. The fourth-order valence-electron chi connectivity index (χ4n) is 5.19. The van der Waals surface area contributed by atoms with Crippen molar-refractivity contribution in [2.45, 2.75) is 6.42 Å². The molecule has 11 nitrogen and oxygen atoms in total. The van der Waals surface area contributed by atoms with Crippen LogP contribution in [0.3, 0.4) is 0 Å². The molecule has 0 spiro atoms. The quantitative estimate of drug-likeness (QED) is 0.186. The molecule has 1 aliphatic rings. The summed E-state index contributed by atoms with van der Waals surface area (Å²) >= 11 is 3.22. The Bertz CT molecular complexity index is 2050. The van der Waals surface area contributed by atoms with E-state index < -0.39 is 23.0 Å². The number of benzene rings is 2. The predicted octanol–water partition coefficient (Wildman–Crippen LogP) is 5.32. The smallest absolute Gasteiger partial charge is 0.270 e. The normalized spacial score (nSPS) is 13.3. The van der Waals surface area contributed by atoms with Gasteiger partial charge in [0.1, 0.15) is 28.5 Å². The van der Waals surface area contributed by atoms with Crippen LogP contribution in [0, 0.1) is 11.6 Å². The van der Waals surface area contributed by atoms with E-state index in [2.05, 4.69) is 41.4 Å². The molecule has 0 atom stereocenters. The third kappa shape index (κ3) is 7.56. The van der Waals surface area contributed by atoms with Crippen LogP contribution in [0.5, 0.6) is 11.5 Å². The van der Waals surface area contributed by atoms with Crippen molar-refractivity contribution in [1.29, 1.82) is 0 Å². The minimum absolute atomic E-state index is 0.0452. The maximum atomic E-state index is 15.2. The number of carbonyl (C=O) groups excluding carboxylic acids is 2. The summed E-state index contributed by atoms with van der Waals surface area (Å²) in [5.74, 6) is -2.61. The van der Waals surface area contributed by atoms with Crippen molar-refractivity contribution in [1.82, 2.24) is 24.8 Å². The zero-order chi connectivity index (χ0) is 33.6. The van der Waals surface area contributed by atoms with Gasteiger partial charge in [0.2, 0.25) is 5.43 Å². The zero-order valence-electron chi connectivity index (χ0n) is 25.4. The molecule has 2 N–H and O–H groups in total. The summed E-state index contributed by atoms with van der Waals surface area (Å²) in [6.07, 6.45) is 4.82. The number of hydrogen-bond acceptors (Lipinski definition) is 8. The minimum Gasteiger partial charge on any atom is -0.454 e. The first-order valence-electron chi connectivity index (χ1n) is 15.1. The van der Waals surface area contributed by atoms with E-state index in [4.69, 9.17) is 9.47 Å². The highest BCUT2D eigenvalue weighted by atomic mass is 79.9. The van der Waals surface area contributed by atoms with Crippen LogP contribution < -0.4 is 20.8 Å². The van der Waals surface area contributed by atoms with Crippen LogP contribution in [0.15, 0.2) is 88.5 Å². The van der Waals surface area contributed by atoms with Gasteiger partial charge in [0.25, 0.3) is 11.8 Å². The molecule has 2 aromatic carbocycles. The van der Waals surface area contributed by atoms with Gasteiger partial charge in [0.05, 0.1) is 24.3 Å². The first kappa shape index (κ1) is 32.9. The Morgan fingerprint density at radius 2 is 1.79 bits per heavy atom. The van der Waals surface area contributed by atoms with Gasteiger partial charge in [-0.25, -0.2) is 13.8 Å². The number of pyridine rings is 3. The number of hydrogen-bond donors (Lipinski definition) is 2. The van der Waals surface area contributed by atoms with Gasteiger partial charge in [-0.3, -0.25) is 28.8 Å². The molecule has 14 heteroatoms. The van der Waals surface area contributed by atoms with Crippen molar-refractivity contribution in [3.8, 4) is 17.2 Å². The van der Waals surface area contributed by atoms with Crippen LogP contribution >= 0.6 is 15.9 Å². The molecule has 48 heavy (non-hydrogen) atoms. The van der Waals surface area contributed by atoms with Gasteiger partial charge in [-0.1, -0.05) is 15.9 Å². The largest absolute Gasteiger partial charge is 0.454 e. The molecule has 1 aliphatic heterocycles. The van der Waals surface area contributed by atoms with E-state index in [0.717, 1.165) is 32.1 Å². The Morgan fingerprint density at radius 1 is 0.958 bits per heavy atom. The molecule has 0 saturated carbocycles. The fraction of sp³-hybridized carbons (Fsp3) is 0.206. The van der Waals surface area contributed by atoms with Crippen molar-refractivity contribution in [3.63, 3.8) is 0 Å². The third-order valence-electron chi connectivity index (χ3n) is 7.60. The van der Waals surface area contributed by atoms with E-state index in [9.17, 15) is 18.8 Å². The number of aromatic nitrogens is 3. The monoisotopic (exact) mass is 718 g/mol. The molecule has 0 unspecified atom stereocenters. The Labute approximate surface area is 281 Å². The molecular formula is C34H29BrF2N6O5. The molecule has 3 aromatic heterocycles. The molecule has 1 saturated heterocycles. The van der Waals surface area contributed by atoms with Gasteiger partial charge in [0, 0.05) is 60.5 Å². The summed E-state index contributed by atoms with van der Waals surface area (Å²) in [5, 5.41) is 5.46. The number of fused-ring (bicyclic) bond motifs is 1. The number of rotatable bonds is 10. The summed E-state index contributed by atoms with van der Waals surface area (Å²) < 4.78 is 42.9. The molecule has 2 amide bonds. The Kier molecular flexibility index (Phi) is 10.1. The van der Waals surface area contributed by atoms with Gasteiger partial charge < -0.3 is 20.1 Å². The highest BCUT2D eigenvalue weighted by molar-refractivity contribution is 9.10. The van der Waals surface area contributed by atoms with Crippen LogP contribution in [0.2, 0.25) is 0 Å². The van der Waals surface area contributed by atoms with Crippen LogP contribution in [0.4, 0.5) is 14.5 Å². The first-order valence-corrected chi connectivity index (χ1v) is 15.8. The lowest BCUT2D eigenvalue weighted by Crippen LogP contribution is -2.38. The van der Waals surface area contributed by atoms with Crippen molar-refractivity contribution in [2.75, 3.05) is 44.7 Å². The molecule has 1 fully saturated rings. The molecular weight excluding hydrogens is 690 g/mol. The minimum atomic E-state index is -0.833. The van der Waals surface area contributed by atoms with Crippen LogP contribution in [0.1, 0.15) is 27.3 Å². The molecule has 246 valence electrons. The molecule has 4 heterocycles. The number of nitrogens with one attached hydrogen (secondary N) is 2. The lowest BCUT2D eigenvalue weighted by Gasteiger charge is -2.26. The lowest BCUT2D eigenvalue weighted by atomic mass is 10.1. The van der Waals surface area contributed by atoms with Crippen molar-refractivity contribution < 1.29 is 27.8 Å². The summed E-state index contributed by atoms with van der Waals surface area (Å²) in [6.45, 7) is 4.49. The fourth-order valence-corrected chi connectivity index (χ4v) is 5.52. The molecule has 0 aliphatic carbocycles. The second-order valence-corrected chi connectivity index (χ2v) is 11.8. The van der Waals surface area contributed by atoms with Gasteiger partial charge in [-0.2, -0.15) is 0 Å². The van der Waals surface area contributed by atoms with E-state index in [1.54, 1.807) is 6.07 Å². The Morgan fingerprint density at radius 3 is 2.58 bits per heavy atom. The molecule has 0 bridgehead atoms. The van der Waals surface area contributed by atoms with Crippen molar-refractivity contribution >= 4 is 44.5 Å². The summed E-state index contributed by atoms with van der Waals surface area (Å²) in [6, 6.07) is 14.0. The number of nitrogens with zero attached hydrogens (tertiary/aromatic N) is 4. The highest BCUT2D eigenvalue weighted by Crippen LogP contribution is 2.28. The van der Waals surface area contributed by atoms with E-state index in [0.29, 0.717) is 24.2 Å². The first-order chi connectivity index (χ1) is 23.3. The van der Waals surface area contributed by atoms with Gasteiger partial charge in [0.15, 0.2) is 11.6 Å². The van der Waals surface area contributed by atoms with Crippen LogP contribution in [-0.2, 0) is 4.74 Å². The molecule has 5 aromatic rings. The summed E-state index contributed by atoms with van der Waals surface area (Å²) in [4.78, 5) is 49.8. The second kappa shape index (κ2) is 14.8. The van der Waals surface area contributed by atoms with E-state index in [-0.39, 0.29) is 51.1 Å². The topological polar surface area (TPSA) is 128 Å². The summed E-state index contributed by atoms with van der Waals surface area (Å²) in [5.41, 5.74) is -0.537. The van der Waals surface area contributed by atoms with Crippen molar-refractivity contribution in [2.24, 2.45) is 0 Å². The van der Waals surface area contributed by atoms with Gasteiger partial charge >= 0.3 is 0 Å². The zero-order valence-corrected chi connectivity index (χ0v) is 27.0. The van der Waals surface area contributed by atoms with E-state index >= 15 is 4.39 Å². The highest BCUT2D eigenvalue weighted by Gasteiger charge is 2.20. The van der Waals surface area contributed by atoms with Crippen LogP contribution in [-0.4, -0.2) is 70.6 Å². The SMILES string of the molecule is O=C(NCCCN1CCOCC1)c1cc(Oc2ccc(NC(=O)c3cn(-c4ccc(Br)cc4F)c4ncccc4c3=O)cc2F)ccn1. The Hall–Kier alpha value is -5.05. The average Bonchev–Trinajstić information content (AvgIpc) is 3.09. The predicted molar refractivity (Wildman–Crippen MR) is 178 cm³/mol. The average molecular weight is 720 g/mol. The third-order valence-corrected chi connectivity index (χ3v) is 8.09.